The number of ether oxygens (including phenoxy) is 4. The average Bonchev–Trinajstić information content (AvgIpc) is 0.792. The maximum absolute atomic E-state index is 15.3. The lowest BCUT2D eigenvalue weighted by atomic mass is 9.92. The van der Waals surface area contributed by atoms with Crippen molar-refractivity contribution in [1.82, 2.24) is 0 Å². The van der Waals surface area contributed by atoms with Gasteiger partial charge in [-0.15, -0.1) is 0 Å². The molecule has 0 fully saturated rings. The van der Waals surface area contributed by atoms with Crippen molar-refractivity contribution in [1.29, 1.82) is 0 Å². The maximum atomic E-state index is 15.3. The zero-order valence-electron chi connectivity index (χ0n) is 61.1. The normalized spacial score (nSPS) is 14.2. The van der Waals surface area contributed by atoms with E-state index in [0.29, 0.717) is 66.8 Å². The lowest BCUT2D eigenvalue weighted by molar-refractivity contribution is -0.170. The number of carbonyl (C=O) groups excluding carboxylic acids is 8. The van der Waals surface area contributed by atoms with E-state index in [0.717, 1.165) is 67.8 Å². The third-order valence-corrected chi connectivity index (χ3v) is 38.5. The van der Waals surface area contributed by atoms with Crippen LogP contribution >= 0.6 is 70.9 Å². The van der Waals surface area contributed by atoms with Crippen LogP contribution < -0.4 is 21.2 Å². The zero-order valence-corrected chi connectivity index (χ0v) is 67.9. The van der Waals surface area contributed by atoms with Crippen LogP contribution in [0.25, 0.3) is 0 Å². The molecule has 0 aliphatic heterocycles. The summed E-state index contributed by atoms with van der Waals surface area (Å²) in [5, 5.41) is 1.04. The van der Waals surface area contributed by atoms with Crippen molar-refractivity contribution in [2.45, 2.75) is 109 Å². The number of esters is 4. The first-order chi connectivity index (χ1) is 49.7. The largest absolute Gasteiger partial charge is 0.465 e. The Hall–Kier alpha value is -7.36. The molecule has 8 aromatic rings. The number of hydrogen-bond donors (Lipinski definition) is 0. The Morgan fingerprint density at radius 1 is 0.276 bits per heavy atom. The lowest BCUT2D eigenvalue weighted by Gasteiger charge is -2.31. The van der Waals surface area contributed by atoms with E-state index in [1.54, 1.807) is 177 Å². The highest BCUT2D eigenvalue weighted by Crippen LogP contribution is 2.64. The van der Waals surface area contributed by atoms with Gasteiger partial charge in [0.1, 0.15) is 31.8 Å². The molecule has 0 heterocycles. The first-order valence-electron chi connectivity index (χ1n) is 34.1. The van der Waals surface area contributed by atoms with Gasteiger partial charge in [-0.25, -0.2) is 0 Å². The summed E-state index contributed by atoms with van der Waals surface area (Å²) in [6, 6.07) is 47.6. The van der Waals surface area contributed by atoms with Crippen LogP contribution in [0.15, 0.2) is 170 Å². The van der Waals surface area contributed by atoms with E-state index in [-0.39, 0.29) is 44.2 Å². The molecule has 552 valence electrons. The summed E-state index contributed by atoms with van der Waals surface area (Å²) in [5.74, 6) is -4.42. The minimum Gasteiger partial charge on any atom is -0.465 e. The van der Waals surface area contributed by atoms with Crippen molar-refractivity contribution in [2.75, 3.05) is 49.4 Å². The highest BCUT2D eigenvalue weighted by Gasteiger charge is 2.43. The molecule has 4 atom stereocenters. The fourth-order valence-corrected chi connectivity index (χ4v) is 31.5. The van der Waals surface area contributed by atoms with Crippen molar-refractivity contribution < 1.29 is 75.6 Å². The molecule has 0 radical (unpaired) electrons. The summed E-state index contributed by atoms with van der Waals surface area (Å²) >= 11 is 3.21. The van der Waals surface area contributed by atoms with Gasteiger partial charge in [0.2, 0.25) is 47.5 Å². The molecule has 105 heavy (non-hydrogen) atoms. The van der Waals surface area contributed by atoms with E-state index in [4.69, 9.17) is 18.9 Å². The third kappa shape index (κ3) is 20.7. The number of hydrogen-bond acceptors (Lipinski definition) is 20. The van der Waals surface area contributed by atoms with Crippen LogP contribution in [0.5, 0.6) is 0 Å². The summed E-state index contributed by atoms with van der Waals surface area (Å²) in [4.78, 5) is 116. The smallest absolute Gasteiger partial charge is 0.306 e. The Labute approximate surface area is 631 Å². The highest BCUT2D eigenvalue weighted by molar-refractivity contribution is 8.66. The van der Waals surface area contributed by atoms with E-state index >= 15 is 18.3 Å². The molecule has 0 bridgehead atoms. The fourth-order valence-electron chi connectivity index (χ4n) is 12.7. The molecule has 4 unspecified atom stereocenters. The third-order valence-electron chi connectivity index (χ3n) is 17.5. The second-order valence-electron chi connectivity index (χ2n) is 26.3. The Kier molecular flexibility index (Phi) is 29.3. The van der Waals surface area contributed by atoms with Crippen molar-refractivity contribution in [3.05, 3.63) is 259 Å². The summed E-state index contributed by atoms with van der Waals surface area (Å²) in [6.07, 6.45) is -17.9. The minimum absolute atomic E-state index is 0.200. The van der Waals surface area contributed by atoms with Crippen molar-refractivity contribution in [3.8, 4) is 0 Å². The minimum atomic E-state index is -4.04. The van der Waals surface area contributed by atoms with Gasteiger partial charge in [-0.3, -0.25) is 56.6 Å². The van der Waals surface area contributed by atoms with Crippen LogP contribution in [0.4, 0.5) is 0 Å². The van der Waals surface area contributed by atoms with Crippen LogP contribution in [0, 0.1) is 88.5 Å². The standard InChI is InChI=1S/C81H88O16P4S4/c1-53-41-57(5)73(58(6)42-53)77(86)98(90,65-25-17-13-18-26-65)102-37-33-69(82)94-49-81(50-95-70(83)34-38-103-99(91,66-27-19-14-20-28-66)78(87)74-59(7)43-54(2)44-60(74)8,51-96-71(84)35-39-104-100(92,67-29-21-15-22-30-67)79(88)75-61(9)45-55(3)46-62(75)10)52-97-72(85)36-40-105-101(93,68-31-23-16-24-32-68)80(89)76-63(11)47-56(4)48-64(76)12/h13-32,41-48H,33-40,49-52H2,1-12H3. The average molecular weight is 1570 g/mol. The molecule has 0 N–H and O–H groups in total. The number of aryl methyl sites for hydroxylation is 12. The molecule has 16 nitrogen and oxygen atoms in total. The molecular weight excluding hydrogens is 1480 g/mol. The van der Waals surface area contributed by atoms with Crippen molar-refractivity contribution >= 4 is 138 Å². The van der Waals surface area contributed by atoms with Gasteiger partial charge in [0.15, 0.2) is 0 Å². The van der Waals surface area contributed by atoms with Crippen LogP contribution in [0.3, 0.4) is 0 Å². The molecule has 0 aliphatic rings. The van der Waals surface area contributed by atoms with Gasteiger partial charge in [0.05, 0.1) is 25.7 Å². The molecule has 0 aromatic heterocycles. The first-order valence-corrected chi connectivity index (χ1v) is 47.3. The zero-order chi connectivity index (χ0) is 76.6. The number of benzene rings is 8. The molecule has 0 amide bonds. The molecule has 24 heteroatoms. The predicted molar refractivity (Wildman–Crippen MR) is 429 cm³/mol. The monoisotopic (exact) mass is 1570 g/mol. The summed E-state index contributed by atoms with van der Waals surface area (Å²) in [5.41, 5.74) is 5.48. The molecule has 0 saturated heterocycles. The Morgan fingerprint density at radius 3 is 0.600 bits per heavy atom. The van der Waals surface area contributed by atoms with Crippen LogP contribution in [0.1, 0.15) is 134 Å². The van der Waals surface area contributed by atoms with E-state index in [1.165, 1.54) is 0 Å². The van der Waals surface area contributed by atoms with Gasteiger partial charge in [-0.1, -0.05) is 238 Å². The van der Waals surface area contributed by atoms with Crippen LogP contribution in [0.2, 0.25) is 0 Å². The maximum Gasteiger partial charge on any atom is 0.306 e. The molecule has 8 rings (SSSR count). The van der Waals surface area contributed by atoms with Crippen molar-refractivity contribution in [2.24, 2.45) is 5.41 Å². The van der Waals surface area contributed by atoms with Crippen LogP contribution in [-0.4, -0.2) is 95.4 Å². The van der Waals surface area contributed by atoms with Crippen LogP contribution in [-0.2, 0) is 56.4 Å². The molecule has 0 aliphatic carbocycles. The fraction of sp³-hybridized carbons (Fsp3) is 0.309. The SMILES string of the molecule is Cc1cc(C)c(C(=O)P(=O)(SCCC(=O)OCC(COC(=O)CCSP(=O)(C(=O)c2c(C)cc(C)cc2C)c2ccccc2)(COC(=O)CCSP(=O)(C(=O)c2c(C)cc(C)cc2C)c2ccccc2)COC(=O)CCSP(=O)(C(=O)c2c(C)cc(C)cc2C)c2ccccc2)c2ccccc2)c(C)c1. The van der Waals surface area contributed by atoms with Gasteiger partial charge in [-0.05, 0) is 128 Å². The van der Waals surface area contributed by atoms with E-state index in [9.17, 15) is 38.4 Å². The number of rotatable bonds is 36. The summed E-state index contributed by atoms with van der Waals surface area (Å²) in [7, 11) is 0. The molecular formula is C81H88O16P4S4. The van der Waals surface area contributed by atoms with E-state index < -0.39 is 129 Å². The lowest BCUT2D eigenvalue weighted by Crippen LogP contribution is -2.44. The topological polar surface area (TPSA) is 242 Å². The molecule has 0 spiro atoms. The van der Waals surface area contributed by atoms with Gasteiger partial charge < -0.3 is 18.9 Å². The molecule has 0 saturated carbocycles. The van der Waals surface area contributed by atoms with E-state index in [2.05, 4.69) is 0 Å². The second kappa shape index (κ2) is 37.0. The van der Waals surface area contributed by atoms with Gasteiger partial charge in [0.25, 0.3) is 0 Å². The first kappa shape index (κ1) is 83.3. The quantitative estimate of drug-likeness (QED) is 0.0201. The second-order valence-corrected chi connectivity index (χ2v) is 46.4. The predicted octanol–water partition coefficient (Wildman–Crippen LogP) is 18.1. The van der Waals surface area contributed by atoms with E-state index in [1.807, 2.05) is 76.2 Å². The Balaban J connectivity index is 1.10. The summed E-state index contributed by atoms with van der Waals surface area (Å²) in [6.45, 7) is 18.6. The summed E-state index contributed by atoms with van der Waals surface area (Å²) < 4.78 is 85.1. The number of carbonyl (C=O) groups is 8. The highest BCUT2D eigenvalue weighted by atomic mass is 32.7. The molecule has 8 aromatic carbocycles. The van der Waals surface area contributed by atoms with Crippen molar-refractivity contribution in [3.63, 3.8) is 0 Å². The van der Waals surface area contributed by atoms with Gasteiger partial charge >= 0.3 is 23.9 Å². The van der Waals surface area contributed by atoms with Gasteiger partial charge in [-0.2, -0.15) is 0 Å². The Bertz CT molecular complexity index is 4100. The van der Waals surface area contributed by atoms with Gasteiger partial charge in [0, 0.05) is 66.5 Å². The Morgan fingerprint density at radius 2 is 0.438 bits per heavy atom.